The fourth-order valence-electron chi connectivity index (χ4n) is 3.12. The van der Waals surface area contributed by atoms with Crippen LogP contribution in [0.5, 0.6) is 0 Å². The summed E-state index contributed by atoms with van der Waals surface area (Å²) in [5.74, 6) is 1.68. The predicted octanol–water partition coefficient (Wildman–Crippen LogP) is 3.25. The fraction of sp³-hybridized carbons (Fsp3) is 0.524. The first-order valence-corrected chi connectivity index (χ1v) is 9.88. The van der Waals surface area contributed by atoms with Gasteiger partial charge in [0.05, 0.1) is 11.9 Å². The molecule has 2 aromatic rings. The van der Waals surface area contributed by atoms with Crippen LogP contribution in [0.2, 0.25) is 0 Å². The van der Waals surface area contributed by atoms with Gasteiger partial charge < -0.3 is 15.6 Å². The molecule has 1 aromatic carbocycles. The van der Waals surface area contributed by atoms with Crippen LogP contribution in [0, 0.1) is 0 Å². The highest BCUT2D eigenvalue weighted by atomic mass is 15.2. The van der Waals surface area contributed by atoms with E-state index in [2.05, 4.69) is 77.2 Å². The van der Waals surface area contributed by atoms with Crippen LogP contribution in [0.1, 0.15) is 40.4 Å². The number of benzene rings is 1. The minimum Gasteiger partial charge on any atom is -0.357 e. The zero-order chi connectivity index (χ0) is 19.6. The van der Waals surface area contributed by atoms with Crippen molar-refractivity contribution in [2.75, 3.05) is 19.6 Å². The second-order valence-electron chi connectivity index (χ2n) is 7.16. The summed E-state index contributed by atoms with van der Waals surface area (Å²) < 4.78 is 0. The largest absolute Gasteiger partial charge is 0.357 e. The third-order valence-electron chi connectivity index (χ3n) is 4.43. The van der Waals surface area contributed by atoms with Gasteiger partial charge in [0, 0.05) is 31.7 Å². The number of imidazole rings is 1. The van der Waals surface area contributed by atoms with Gasteiger partial charge in [-0.15, -0.1) is 0 Å². The van der Waals surface area contributed by atoms with E-state index in [-0.39, 0.29) is 0 Å². The first kappa shape index (κ1) is 21.0. The highest BCUT2D eigenvalue weighted by Gasteiger charge is 2.12. The number of aromatic amines is 1. The second kappa shape index (κ2) is 10.7. The van der Waals surface area contributed by atoms with Crippen molar-refractivity contribution in [3.8, 4) is 11.3 Å². The van der Waals surface area contributed by atoms with Gasteiger partial charge in [-0.2, -0.15) is 0 Å². The highest BCUT2D eigenvalue weighted by Crippen LogP contribution is 2.16. The maximum absolute atomic E-state index is 4.66. The van der Waals surface area contributed by atoms with Crippen molar-refractivity contribution >= 4 is 5.96 Å². The number of aliphatic imine (C=N–C) groups is 1. The lowest BCUT2D eigenvalue weighted by molar-refractivity contribution is 0.178. The number of H-pyrrole nitrogens is 1. The third-order valence-corrected chi connectivity index (χ3v) is 4.43. The predicted molar refractivity (Wildman–Crippen MR) is 114 cm³/mol. The van der Waals surface area contributed by atoms with Crippen LogP contribution < -0.4 is 10.6 Å². The number of rotatable bonds is 9. The van der Waals surface area contributed by atoms with Crippen molar-refractivity contribution in [1.82, 2.24) is 25.5 Å². The Balaban J connectivity index is 1.92. The minimum atomic E-state index is 0.514. The van der Waals surface area contributed by atoms with Crippen molar-refractivity contribution in [3.05, 3.63) is 42.4 Å². The summed E-state index contributed by atoms with van der Waals surface area (Å²) in [6.45, 7) is 14.2. The molecule has 0 aliphatic heterocycles. The summed E-state index contributed by atoms with van der Waals surface area (Å²) in [6.07, 6.45) is 1.86. The van der Waals surface area contributed by atoms with Crippen LogP contribution in [-0.2, 0) is 6.54 Å². The maximum atomic E-state index is 4.66. The molecule has 0 aliphatic carbocycles. The molecule has 1 heterocycles. The maximum Gasteiger partial charge on any atom is 0.191 e. The molecule has 0 unspecified atom stereocenters. The summed E-state index contributed by atoms with van der Waals surface area (Å²) in [7, 11) is 0. The normalized spacial score (nSPS) is 12.2. The highest BCUT2D eigenvalue weighted by molar-refractivity contribution is 5.79. The smallest absolute Gasteiger partial charge is 0.191 e. The Labute approximate surface area is 163 Å². The number of nitrogens with zero attached hydrogens (tertiary/aromatic N) is 3. The molecule has 6 nitrogen and oxygen atoms in total. The molecule has 1 aromatic heterocycles. The summed E-state index contributed by atoms with van der Waals surface area (Å²) in [4.78, 5) is 14.9. The fourth-order valence-corrected chi connectivity index (χ4v) is 3.12. The molecule has 0 saturated carbocycles. The summed E-state index contributed by atoms with van der Waals surface area (Å²) in [5.41, 5.74) is 2.15. The molecule has 0 bridgehead atoms. The topological polar surface area (TPSA) is 68.3 Å². The zero-order valence-electron chi connectivity index (χ0n) is 17.3. The van der Waals surface area contributed by atoms with Gasteiger partial charge in [0.1, 0.15) is 12.4 Å². The van der Waals surface area contributed by atoms with E-state index >= 15 is 0 Å². The Morgan fingerprint density at radius 3 is 2.44 bits per heavy atom. The van der Waals surface area contributed by atoms with E-state index in [0.717, 1.165) is 42.7 Å². The van der Waals surface area contributed by atoms with Crippen LogP contribution in [0.3, 0.4) is 0 Å². The Morgan fingerprint density at radius 2 is 1.81 bits per heavy atom. The van der Waals surface area contributed by atoms with Gasteiger partial charge in [0.2, 0.25) is 0 Å². The van der Waals surface area contributed by atoms with E-state index in [1.807, 2.05) is 24.4 Å². The molecule has 0 saturated heterocycles. The molecule has 27 heavy (non-hydrogen) atoms. The number of hydrogen-bond acceptors (Lipinski definition) is 3. The van der Waals surface area contributed by atoms with Crippen LogP contribution in [0.15, 0.2) is 41.5 Å². The molecule has 3 N–H and O–H groups in total. The van der Waals surface area contributed by atoms with Gasteiger partial charge in [-0.1, -0.05) is 30.3 Å². The van der Waals surface area contributed by atoms with Crippen molar-refractivity contribution in [1.29, 1.82) is 0 Å². The van der Waals surface area contributed by atoms with Crippen molar-refractivity contribution < 1.29 is 0 Å². The zero-order valence-corrected chi connectivity index (χ0v) is 17.3. The second-order valence-corrected chi connectivity index (χ2v) is 7.16. The number of hydrogen-bond donors (Lipinski definition) is 3. The Morgan fingerprint density at radius 1 is 1.11 bits per heavy atom. The summed E-state index contributed by atoms with van der Waals surface area (Å²) >= 11 is 0. The van der Waals surface area contributed by atoms with Crippen molar-refractivity contribution in [3.63, 3.8) is 0 Å². The molecule has 0 spiro atoms. The molecule has 0 radical (unpaired) electrons. The van der Waals surface area contributed by atoms with Crippen LogP contribution in [0.4, 0.5) is 0 Å². The van der Waals surface area contributed by atoms with Crippen molar-refractivity contribution in [2.24, 2.45) is 4.99 Å². The minimum absolute atomic E-state index is 0.514. The van der Waals surface area contributed by atoms with Gasteiger partial charge in [-0.3, -0.25) is 4.90 Å². The number of aromatic nitrogens is 2. The standard InChI is InChI=1S/C21H34N6/c1-6-22-21(23-12-13-27(16(2)3)17(4)5)25-15-20-24-14-19(26-20)18-10-8-7-9-11-18/h7-11,14,16-17H,6,12-13,15H2,1-5H3,(H,24,26)(H2,22,23,25). The van der Waals surface area contributed by atoms with Gasteiger partial charge in [-0.25, -0.2) is 9.98 Å². The Bertz CT molecular complexity index is 682. The molecule has 0 amide bonds. The monoisotopic (exact) mass is 370 g/mol. The molecule has 0 aliphatic rings. The quantitative estimate of drug-likeness (QED) is 0.468. The Kier molecular flexibility index (Phi) is 8.33. The van der Waals surface area contributed by atoms with Gasteiger partial charge in [0.15, 0.2) is 5.96 Å². The van der Waals surface area contributed by atoms with E-state index in [9.17, 15) is 0 Å². The van der Waals surface area contributed by atoms with E-state index in [1.165, 1.54) is 0 Å². The average molecular weight is 371 g/mol. The van der Waals surface area contributed by atoms with Crippen LogP contribution in [-0.4, -0.2) is 52.5 Å². The molecular weight excluding hydrogens is 336 g/mol. The number of nitrogens with one attached hydrogen (secondary N) is 3. The molecule has 148 valence electrons. The third kappa shape index (κ3) is 6.71. The van der Waals surface area contributed by atoms with Gasteiger partial charge in [0.25, 0.3) is 0 Å². The van der Waals surface area contributed by atoms with Gasteiger partial charge in [-0.05, 0) is 40.2 Å². The van der Waals surface area contributed by atoms with Crippen molar-refractivity contribution in [2.45, 2.75) is 53.2 Å². The first-order chi connectivity index (χ1) is 13.0. The molecule has 0 atom stereocenters. The SMILES string of the molecule is CCNC(=NCc1ncc(-c2ccccc2)[nH]1)NCCN(C(C)C)C(C)C. The molecule has 0 fully saturated rings. The van der Waals surface area contributed by atoms with Crippen LogP contribution in [0.25, 0.3) is 11.3 Å². The lowest BCUT2D eigenvalue weighted by Crippen LogP contribution is -2.45. The van der Waals surface area contributed by atoms with Gasteiger partial charge >= 0.3 is 0 Å². The molecule has 6 heteroatoms. The first-order valence-electron chi connectivity index (χ1n) is 9.88. The van der Waals surface area contributed by atoms with Crippen LogP contribution >= 0.6 is 0 Å². The lowest BCUT2D eigenvalue weighted by atomic mass is 10.2. The van der Waals surface area contributed by atoms with E-state index in [4.69, 9.17) is 0 Å². The molecular formula is C21H34N6. The molecule has 2 rings (SSSR count). The summed E-state index contributed by atoms with van der Waals surface area (Å²) in [5, 5.41) is 6.73. The average Bonchev–Trinajstić information content (AvgIpc) is 3.12. The van der Waals surface area contributed by atoms with E-state index < -0.39 is 0 Å². The number of guanidine groups is 1. The Hall–Kier alpha value is -2.34. The summed E-state index contributed by atoms with van der Waals surface area (Å²) in [6, 6.07) is 11.3. The lowest BCUT2D eigenvalue weighted by Gasteiger charge is -2.30. The van der Waals surface area contributed by atoms with E-state index in [0.29, 0.717) is 18.6 Å². The van der Waals surface area contributed by atoms with E-state index in [1.54, 1.807) is 0 Å².